The zero-order chi connectivity index (χ0) is 15.5. The summed E-state index contributed by atoms with van der Waals surface area (Å²) in [6.45, 7) is 2.52. The first-order chi connectivity index (χ1) is 9.95. The van der Waals surface area contributed by atoms with Crippen LogP contribution in [0.4, 0.5) is 0 Å². The quantitative estimate of drug-likeness (QED) is 0.837. The first-order valence-corrected chi connectivity index (χ1v) is 8.76. The normalized spacial score (nSPS) is 15.2. The van der Waals surface area contributed by atoms with Gasteiger partial charge in [0.2, 0.25) is 10.0 Å². The first-order valence-electron chi connectivity index (χ1n) is 7.32. The summed E-state index contributed by atoms with van der Waals surface area (Å²) in [4.78, 5) is 12.1. The fourth-order valence-corrected chi connectivity index (χ4v) is 3.16. The molecular weight excluding hydrogens is 288 g/mol. The summed E-state index contributed by atoms with van der Waals surface area (Å²) in [6.07, 6.45) is 3.83. The van der Waals surface area contributed by atoms with E-state index in [2.05, 4.69) is 5.32 Å². The lowest BCUT2D eigenvalue weighted by atomic mass is 10.2. The van der Waals surface area contributed by atoms with Gasteiger partial charge in [-0.25, -0.2) is 12.7 Å². The molecule has 1 amide bonds. The molecule has 5 nitrogen and oxygen atoms in total. The molecule has 1 saturated carbocycles. The van der Waals surface area contributed by atoms with E-state index in [1.54, 1.807) is 19.2 Å². The Hall–Kier alpha value is -1.40. The van der Waals surface area contributed by atoms with Crippen LogP contribution >= 0.6 is 0 Å². The molecule has 1 fully saturated rings. The van der Waals surface area contributed by atoms with E-state index in [4.69, 9.17) is 0 Å². The first kappa shape index (κ1) is 16.0. The number of nitrogens with zero attached hydrogens (tertiary/aromatic N) is 1. The molecule has 1 N–H and O–H groups in total. The van der Waals surface area contributed by atoms with E-state index in [1.165, 1.54) is 16.4 Å². The third-order valence-electron chi connectivity index (χ3n) is 3.56. The molecule has 0 unspecified atom stereocenters. The average Bonchev–Trinajstić information content (AvgIpc) is 3.28. The Balaban J connectivity index is 2.08. The highest BCUT2D eigenvalue weighted by Gasteiger charge is 2.24. The predicted molar refractivity (Wildman–Crippen MR) is 81.7 cm³/mol. The average molecular weight is 310 g/mol. The third-order valence-corrected chi connectivity index (χ3v) is 5.43. The highest BCUT2D eigenvalue weighted by atomic mass is 32.2. The molecule has 1 aromatic rings. The van der Waals surface area contributed by atoms with Crippen LogP contribution in [0.1, 0.15) is 43.0 Å². The zero-order valence-electron chi connectivity index (χ0n) is 12.5. The van der Waals surface area contributed by atoms with Crippen LogP contribution in [-0.2, 0) is 10.0 Å². The summed E-state index contributed by atoms with van der Waals surface area (Å²) in [5, 5.41) is 2.88. The predicted octanol–water partition coefficient (Wildman–Crippen LogP) is 2.00. The minimum atomic E-state index is -3.46. The maximum atomic E-state index is 12.3. The molecular formula is C15H22N2O3S. The largest absolute Gasteiger partial charge is 0.349 e. The molecule has 0 saturated heterocycles. The summed E-state index contributed by atoms with van der Waals surface area (Å²) in [5.41, 5.74) is 0.497. The standard InChI is InChI=1S/C15H22N2O3S/c1-3-4-11-17(2)21(19,20)14-9-5-12(6-10-14)15(18)16-13-7-8-13/h5-6,9-10,13H,3-4,7-8,11H2,1-2H3,(H,16,18). The second-order valence-electron chi connectivity index (χ2n) is 5.45. The van der Waals surface area contributed by atoms with E-state index in [-0.39, 0.29) is 10.8 Å². The van der Waals surface area contributed by atoms with Crippen molar-refractivity contribution in [1.82, 2.24) is 9.62 Å². The van der Waals surface area contributed by atoms with Gasteiger partial charge in [0.15, 0.2) is 0 Å². The number of unbranched alkanes of at least 4 members (excludes halogenated alkanes) is 1. The van der Waals surface area contributed by atoms with Crippen molar-refractivity contribution in [3.63, 3.8) is 0 Å². The van der Waals surface area contributed by atoms with E-state index in [0.29, 0.717) is 18.2 Å². The molecule has 0 aromatic heterocycles. The van der Waals surface area contributed by atoms with Crippen molar-refractivity contribution >= 4 is 15.9 Å². The van der Waals surface area contributed by atoms with Crippen LogP contribution in [0.5, 0.6) is 0 Å². The molecule has 0 aliphatic heterocycles. The number of carbonyl (C=O) groups is 1. The number of hydrogen-bond acceptors (Lipinski definition) is 3. The zero-order valence-corrected chi connectivity index (χ0v) is 13.3. The fourth-order valence-electron chi connectivity index (χ4n) is 1.96. The third kappa shape index (κ3) is 4.04. The van der Waals surface area contributed by atoms with E-state index >= 15 is 0 Å². The van der Waals surface area contributed by atoms with Gasteiger partial charge in [0.25, 0.3) is 5.91 Å². The molecule has 0 atom stereocenters. The molecule has 2 rings (SSSR count). The second-order valence-corrected chi connectivity index (χ2v) is 7.50. The maximum absolute atomic E-state index is 12.3. The fraction of sp³-hybridized carbons (Fsp3) is 0.533. The Labute approximate surface area is 126 Å². The van der Waals surface area contributed by atoms with Crippen LogP contribution in [-0.4, -0.2) is 38.3 Å². The minimum Gasteiger partial charge on any atom is -0.349 e. The Morgan fingerprint density at radius 3 is 2.43 bits per heavy atom. The van der Waals surface area contributed by atoms with Crippen molar-refractivity contribution < 1.29 is 13.2 Å². The van der Waals surface area contributed by atoms with Gasteiger partial charge in [-0.15, -0.1) is 0 Å². The van der Waals surface area contributed by atoms with Crippen LogP contribution in [0.3, 0.4) is 0 Å². The molecule has 1 aliphatic carbocycles. The van der Waals surface area contributed by atoms with Gasteiger partial charge in [-0.3, -0.25) is 4.79 Å². The number of carbonyl (C=O) groups excluding carboxylic acids is 1. The van der Waals surface area contributed by atoms with E-state index in [0.717, 1.165) is 25.7 Å². The van der Waals surface area contributed by atoms with E-state index in [9.17, 15) is 13.2 Å². The van der Waals surface area contributed by atoms with Crippen molar-refractivity contribution in [3.8, 4) is 0 Å². The SMILES string of the molecule is CCCCN(C)S(=O)(=O)c1ccc(C(=O)NC2CC2)cc1. The summed E-state index contributed by atoms with van der Waals surface area (Å²) < 4.78 is 26.0. The molecule has 0 heterocycles. The van der Waals surface area contributed by atoms with Crippen LogP contribution < -0.4 is 5.32 Å². The molecule has 1 aromatic carbocycles. The lowest BCUT2D eigenvalue weighted by Crippen LogP contribution is -2.28. The van der Waals surface area contributed by atoms with Crippen LogP contribution in [0.15, 0.2) is 29.2 Å². The topological polar surface area (TPSA) is 66.5 Å². The Kier molecular flexibility index (Phi) is 5.00. The van der Waals surface area contributed by atoms with Gasteiger partial charge in [-0.05, 0) is 43.5 Å². The molecule has 116 valence electrons. The lowest BCUT2D eigenvalue weighted by Gasteiger charge is -2.16. The molecule has 0 bridgehead atoms. The van der Waals surface area contributed by atoms with Gasteiger partial charge in [-0.2, -0.15) is 0 Å². The van der Waals surface area contributed by atoms with Gasteiger partial charge in [0, 0.05) is 25.2 Å². The smallest absolute Gasteiger partial charge is 0.251 e. The highest BCUT2D eigenvalue weighted by Crippen LogP contribution is 2.20. The van der Waals surface area contributed by atoms with Gasteiger partial charge in [-0.1, -0.05) is 13.3 Å². The van der Waals surface area contributed by atoms with E-state index in [1.807, 2.05) is 6.92 Å². The number of amides is 1. The number of hydrogen-bond donors (Lipinski definition) is 1. The van der Waals surface area contributed by atoms with Crippen LogP contribution in [0, 0.1) is 0 Å². The second kappa shape index (κ2) is 6.58. The van der Waals surface area contributed by atoms with Gasteiger partial charge >= 0.3 is 0 Å². The number of benzene rings is 1. The highest BCUT2D eigenvalue weighted by molar-refractivity contribution is 7.89. The number of rotatable bonds is 7. The molecule has 1 aliphatic rings. The lowest BCUT2D eigenvalue weighted by molar-refractivity contribution is 0.0951. The Morgan fingerprint density at radius 1 is 1.29 bits per heavy atom. The van der Waals surface area contributed by atoms with Gasteiger partial charge in [0.05, 0.1) is 4.90 Å². The van der Waals surface area contributed by atoms with Crippen molar-refractivity contribution in [2.45, 2.75) is 43.5 Å². The van der Waals surface area contributed by atoms with Gasteiger partial charge in [0.1, 0.15) is 0 Å². The Morgan fingerprint density at radius 2 is 1.90 bits per heavy atom. The van der Waals surface area contributed by atoms with Crippen molar-refractivity contribution in [3.05, 3.63) is 29.8 Å². The molecule has 0 radical (unpaired) electrons. The van der Waals surface area contributed by atoms with Crippen molar-refractivity contribution in [2.75, 3.05) is 13.6 Å². The van der Waals surface area contributed by atoms with Crippen molar-refractivity contribution in [1.29, 1.82) is 0 Å². The number of sulfonamides is 1. The molecule has 6 heteroatoms. The van der Waals surface area contributed by atoms with E-state index < -0.39 is 10.0 Å². The summed E-state index contributed by atoms with van der Waals surface area (Å²) >= 11 is 0. The summed E-state index contributed by atoms with van der Waals surface area (Å²) in [7, 11) is -1.88. The summed E-state index contributed by atoms with van der Waals surface area (Å²) in [5.74, 6) is -0.138. The van der Waals surface area contributed by atoms with Gasteiger partial charge < -0.3 is 5.32 Å². The minimum absolute atomic E-state index is 0.138. The Bertz CT molecular complexity index is 592. The monoisotopic (exact) mass is 310 g/mol. The number of nitrogens with one attached hydrogen (secondary N) is 1. The molecule has 0 spiro atoms. The summed E-state index contributed by atoms with van der Waals surface area (Å²) in [6, 6.07) is 6.43. The van der Waals surface area contributed by atoms with Crippen molar-refractivity contribution in [2.24, 2.45) is 0 Å². The maximum Gasteiger partial charge on any atom is 0.251 e. The van der Waals surface area contributed by atoms with Crippen LogP contribution in [0.2, 0.25) is 0 Å². The molecule has 21 heavy (non-hydrogen) atoms. The van der Waals surface area contributed by atoms with Crippen LogP contribution in [0.25, 0.3) is 0 Å².